The molecule has 0 aliphatic carbocycles. The van der Waals surface area contributed by atoms with Crippen LogP contribution in [0.25, 0.3) is 10.9 Å². The minimum Gasteiger partial charge on any atom is -0.506 e. The van der Waals surface area contributed by atoms with Crippen molar-refractivity contribution in [3.8, 4) is 5.75 Å². The summed E-state index contributed by atoms with van der Waals surface area (Å²) in [5.74, 6) is -0.360. The van der Waals surface area contributed by atoms with Gasteiger partial charge in [0.2, 0.25) is 10.9 Å². The van der Waals surface area contributed by atoms with Crippen LogP contribution in [0.4, 0.5) is 5.69 Å². The van der Waals surface area contributed by atoms with Crippen molar-refractivity contribution in [2.75, 3.05) is 37.6 Å². The molecule has 0 unspecified atom stereocenters. The fraction of sp³-hybridized carbons (Fsp3) is 0.552. The number of carbonyl (C=O) groups excluding carboxylic acids is 3. The van der Waals surface area contributed by atoms with Gasteiger partial charge < -0.3 is 19.9 Å². The van der Waals surface area contributed by atoms with Gasteiger partial charge in [0.05, 0.1) is 5.52 Å². The Hall–Kier alpha value is -2.94. The monoisotopic (exact) mass is 541 g/mol. The lowest BCUT2D eigenvalue weighted by Crippen LogP contribution is -2.49. The molecule has 2 aliphatic rings. The van der Waals surface area contributed by atoms with E-state index < -0.39 is 0 Å². The Kier molecular flexibility index (Phi) is 7.89. The minimum atomic E-state index is -0.315. The summed E-state index contributed by atoms with van der Waals surface area (Å²) < 4.78 is 0.0908. The normalized spacial score (nSPS) is 16.8. The molecule has 4 rings (SSSR count). The quantitative estimate of drug-likeness (QED) is 0.316. The minimum absolute atomic E-state index is 0.0257. The molecule has 3 heterocycles. The third-order valence-corrected chi connectivity index (χ3v) is 8.06. The van der Waals surface area contributed by atoms with Gasteiger partial charge in [-0.3, -0.25) is 19.3 Å². The topological polar surface area (TPSA) is 97.0 Å². The molecule has 8 nitrogen and oxygen atoms in total. The summed E-state index contributed by atoms with van der Waals surface area (Å²) in [6, 6.07) is 3.82. The molecule has 1 fully saturated rings. The van der Waals surface area contributed by atoms with E-state index in [1.165, 1.54) is 39.4 Å². The van der Waals surface area contributed by atoms with E-state index in [0.29, 0.717) is 39.0 Å². The van der Waals surface area contributed by atoms with Crippen molar-refractivity contribution in [3.05, 3.63) is 29.8 Å². The number of nitrogens with zero attached hydrogens (tertiary/aromatic N) is 3. The van der Waals surface area contributed by atoms with Crippen molar-refractivity contribution < 1.29 is 19.5 Å². The van der Waals surface area contributed by atoms with E-state index in [9.17, 15) is 19.5 Å². The first kappa shape index (κ1) is 28.1. The average Bonchev–Trinajstić information content (AvgIpc) is 3.30. The molecular weight excluding hydrogens is 500 g/mol. The number of benzene rings is 1. The predicted octanol–water partition coefficient (Wildman–Crippen LogP) is 3.79. The highest BCUT2D eigenvalue weighted by Gasteiger charge is 2.32. The maximum Gasteiger partial charge on any atom is 0.253 e. The van der Waals surface area contributed by atoms with Crippen molar-refractivity contribution >= 4 is 46.1 Å². The molecule has 0 atom stereocenters. The molecule has 2 aromatic rings. The van der Waals surface area contributed by atoms with Crippen molar-refractivity contribution in [3.63, 3.8) is 0 Å². The lowest BCUT2D eigenvalue weighted by atomic mass is 9.88. The molecular formula is C29H41N4O4S+. The molecule has 0 radical (unpaired) electrons. The summed E-state index contributed by atoms with van der Waals surface area (Å²) in [7, 11) is 0. The Balaban J connectivity index is 1.47. The van der Waals surface area contributed by atoms with Gasteiger partial charge in [-0.2, -0.15) is 0 Å². The zero-order valence-corrected chi connectivity index (χ0v) is 24.3. The number of piperazine rings is 1. The zero-order valence-electron chi connectivity index (χ0n) is 23.4. The van der Waals surface area contributed by atoms with Crippen LogP contribution in [0.3, 0.4) is 0 Å². The number of imide groups is 1. The van der Waals surface area contributed by atoms with Gasteiger partial charge in [-0.05, 0) is 51.2 Å². The van der Waals surface area contributed by atoms with Gasteiger partial charge in [0.25, 0.3) is 11.8 Å². The van der Waals surface area contributed by atoms with E-state index in [0.717, 1.165) is 23.0 Å². The number of hydrogen-bond donors (Lipinski definition) is 2. The number of rotatable bonds is 7. The Morgan fingerprint density at radius 2 is 1.63 bits per heavy atom. The summed E-state index contributed by atoms with van der Waals surface area (Å²) in [6.07, 6.45) is 4.21. The highest BCUT2D eigenvalue weighted by Crippen LogP contribution is 2.41. The first-order valence-electron chi connectivity index (χ1n) is 13.4. The first-order valence-corrected chi connectivity index (χ1v) is 14.3. The molecule has 0 bridgehead atoms. The van der Waals surface area contributed by atoms with Crippen LogP contribution < -0.4 is 4.90 Å². The number of amides is 3. The molecule has 3 amide bonds. The summed E-state index contributed by atoms with van der Waals surface area (Å²) in [5, 5.41) is 13.3. The Morgan fingerprint density at radius 3 is 2.21 bits per heavy atom. The molecule has 0 spiro atoms. The molecule has 1 aromatic heterocycles. The van der Waals surface area contributed by atoms with Crippen LogP contribution in [0.1, 0.15) is 59.9 Å². The zero-order chi connectivity index (χ0) is 27.8. The summed E-state index contributed by atoms with van der Waals surface area (Å²) >= 11 is 1.22. The van der Waals surface area contributed by atoms with Gasteiger partial charge in [-0.1, -0.05) is 20.8 Å². The van der Waals surface area contributed by atoms with Crippen molar-refractivity contribution in [2.45, 2.75) is 70.6 Å². The number of H-pyrrole nitrogens is 1. The van der Waals surface area contributed by atoms with Crippen LogP contribution in [0, 0.1) is 5.41 Å². The number of nitrogens with one attached hydrogen (secondary N) is 1. The standard InChI is InChI=1S/C29H40N4O4S/c1-28(2,3)18-20-19-9-10-21(34)26(25(19)30-27(20)38-29(4,5)6)32-16-14-31(15-17-32)22(35)8-7-13-33-23(36)11-12-24(33)37/h9-12,30,34H,7-8,13-18H2,1-6H3/p+1. The number of hydrogen-bond acceptors (Lipinski definition) is 5. The number of aromatic nitrogens is 1. The number of thiol groups is 1. The number of phenols is 1. The van der Waals surface area contributed by atoms with Gasteiger partial charge in [0.15, 0.2) is 0 Å². The maximum absolute atomic E-state index is 12.8. The number of phenolic OH excluding ortho intramolecular Hbond substituents is 1. The number of fused-ring (bicyclic) bond motifs is 1. The largest absolute Gasteiger partial charge is 0.506 e. The molecule has 9 heteroatoms. The lowest BCUT2D eigenvalue weighted by molar-refractivity contribution is -0.138. The lowest BCUT2D eigenvalue weighted by Gasteiger charge is -2.36. The number of aromatic amines is 1. The summed E-state index contributed by atoms with van der Waals surface area (Å²) in [5.41, 5.74) is 3.19. The fourth-order valence-electron chi connectivity index (χ4n) is 5.12. The van der Waals surface area contributed by atoms with E-state index in [1.54, 1.807) is 6.07 Å². The maximum atomic E-state index is 12.8. The van der Waals surface area contributed by atoms with Gasteiger partial charge in [0.1, 0.15) is 16.2 Å². The van der Waals surface area contributed by atoms with E-state index in [-0.39, 0.29) is 40.2 Å². The van der Waals surface area contributed by atoms with Gasteiger partial charge in [0, 0.05) is 74.0 Å². The molecule has 2 N–H and O–H groups in total. The molecule has 38 heavy (non-hydrogen) atoms. The smallest absolute Gasteiger partial charge is 0.253 e. The van der Waals surface area contributed by atoms with Crippen LogP contribution >= 0.6 is 0 Å². The molecule has 1 aromatic carbocycles. The average molecular weight is 542 g/mol. The second kappa shape index (κ2) is 10.7. The van der Waals surface area contributed by atoms with E-state index in [4.69, 9.17) is 0 Å². The van der Waals surface area contributed by atoms with E-state index in [2.05, 4.69) is 51.4 Å². The van der Waals surface area contributed by atoms with E-state index >= 15 is 0 Å². The number of carbonyl (C=O) groups is 3. The number of anilines is 1. The predicted molar refractivity (Wildman–Crippen MR) is 154 cm³/mol. The van der Waals surface area contributed by atoms with Crippen LogP contribution in [-0.4, -0.2) is 75.1 Å². The Bertz CT molecular complexity index is 1240. The highest BCUT2D eigenvalue weighted by molar-refractivity contribution is 7.80. The number of aromatic hydroxyl groups is 1. The van der Waals surface area contributed by atoms with Crippen molar-refractivity contribution in [1.29, 1.82) is 0 Å². The van der Waals surface area contributed by atoms with Gasteiger partial charge >= 0.3 is 0 Å². The Morgan fingerprint density at radius 1 is 1.00 bits per heavy atom. The van der Waals surface area contributed by atoms with Gasteiger partial charge in [-0.25, -0.2) is 0 Å². The SMILES string of the molecule is CC(C)(C)Cc1c([SH+]C(C)(C)C)[nH]c2c(N3CCN(C(=O)CCCN4C(=O)C=CC4=O)CC3)c(O)ccc12. The van der Waals surface area contributed by atoms with Crippen molar-refractivity contribution in [2.24, 2.45) is 5.41 Å². The molecule has 206 valence electrons. The second-order valence-corrected chi connectivity index (χ2v) is 14.5. The van der Waals surface area contributed by atoms with Crippen molar-refractivity contribution in [1.82, 2.24) is 14.8 Å². The summed E-state index contributed by atoms with van der Waals surface area (Å²) in [4.78, 5) is 45.1. The van der Waals surface area contributed by atoms with Crippen LogP contribution in [0.15, 0.2) is 29.3 Å². The third kappa shape index (κ3) is 6.37. The first-order chi connectivity index (χ1) is 17.7. The second-order valence-electron chi connectivity index (χ2n) is 12.5. The molecule has 1 saturated heterocycles. The molecule has 2 aliphatic heterocycles. The third-order valence-electron chi connectivity index (χ3n) is 6.79. The van der Waals surface area contributed by atoms with Crippen LogP contribution in [-0.2, 0) is 32.6 Å². The Labute approximate surface area is 229 Å². The molecule has 0 saturated carbocycles. The van der Waals surface area contributed by atoms with E-state index in [1.807, 2.05) is 11.0 Å². The van der Waals surface area contributed by atoms with Crippen LogP contribution in [0.5, 0.6) is 5.75 Å². The fourth-order valence-corrected chi connectivity index (χ4v) is 6.29. The summed E-state index contributed by atoms with van der Waals surface area (Å²) in [6.45, 7) is 16.0. The highest BCUT2D eigenvalue weighted by atomic mass is 32.2. The van der Waals surface area contributed by atoms with Crippen LogP contribution in [0.2, 0.25) is 0 Å². The van der Waals surface area contributed by atoms with Gasteiger partial charge in [-0.15, -0.1) is 0 Å².